The van der Waals surface area contributed by atoms with E-state index in [1.54, 1.807) is 13.0 Å². The fraction of sp³-hybridized carbons (Fsp3) is 0.261. The Balaban J connectivity index is 1.60. The van der Waals surface area contributed by atoms with E-state index in [0.29, 0.717) is 10.9 Å². The number of ether oxygens (including phenoxy) is 1. The molecule has 5 nitrogen and oxygen atoms in total. The molecule has 3 aromatic rings. The van der Waals surface area contributed by atoms with Gasteiger partial charge in [-0.05, 0) is 49.1 Å². The second-order valence-corrected chi connectivity index (χ2v) is 7.88. The number of thiazole rings is 1. The van der Waals surface area contributed by atoms with E-state index in [-0.39, 0.29) is 5.91 Å². The molecule has 1 aromatic heterocycles. The molecule has 2 aromatic carbocycles. The van der Waals surface area contributed by atoms with Crippen molar-refractivity contribution in [3.05, 3.63) is 65.2 Å². The quantitative estimate of drug-likeness (QED) is 0.420. The summed E-state index contributed by atoms with van der Waals surface area (Å²) in [6, 6.07) is 15.5. The monoisotopic (exact) mass is 408 g/mol. The third-order valence-corrected chi connectivity index (χ3v) is 5.70. The van der Waals surface area contributed by atoms with Crippen LogP contribution in [0.25, 0.3) is 16.3 Å². The number of nitrogens with one attached hydrogen (secondary N) is 1. The van der Waals surface area contributed by atoms with Gasteiger partial charge in [0.2, 0.25) is 0 Å². The van der Waals surface area contributed by atoms with Crippen LogP contribution in [0.3, 0.4) is 0 Å². The molecule has 0 spiro atoms. The van der Waals surface area contributed by atoms with E-state index in [0.717, 1.165) is 27.9 Å². The Morgan fingerprint density at radius 3 is 2.62 bits per heavy atom. The van der Waals surface area contributed by atoms with Crippen LogP contribution in [-0.2, 0) is 14.3 Å². The first-order valence-corrected chi connectivity index (χ1v) is 10.4. The summed E-state index contributed by atoms with van der Waals surface area (Å²) in [5, 5.41) is 3.58. The van der Waals surface area contributed by atoms with E-state index in [1.165, 1.54) is 17.4 Å². The molecule has 0 unspecified atom stereocenters. The topological polar surface area (TPSA) is 68.3 Å². The smallest absolute Gasteiger partial charge is 0.331 e. The molecule has 0 bridgehead atoms. The lowest BCUT2D eigenvalue weighted by molar-refractivity contribution is -0.148. The van der Waals surface area contributed by atoms with Crippen LogP contribution in [0.15, 0.2) is 54.6 Å². The fourth-order valence-electron chi connectivity index (χ4n) is 2.86. The van der Waals surface area contributed by atoms with Crippen LogP contribution in [0.4, 0.5) is 5.69 Å². The highest BCUT2D eigenvalue weighted by Gasteiger charge is 2.19. The van der Waals surface area contributed by atoms with Crippen molar-refractivity contribution in [1.29, 1.82) is 0 Å². The normalized spacial score (nSPS) is 13.3. The molecule has 2 atom stereocenters. The molecule has 0 aliphatic heterocycles. The number of esters is 1. The summed E-state index contributed by atoms with van der Waals surface area (Å²) in [5.41, 5.74) is 2.70. The SMILES string of the molecule is CC[C@@H](C)c1ccccc1NC(=O)[C@@H](C)OC(=O)/C=C/c1nc2ccccc2s1. The number of rotatable bonds is 7. The van der Waals surface area contributed by atoms with Crippen LogP contribution in [0.2, 0.25) is 0 Å². The zero-order valence-electron chi connectivity index (χ0n) is 16.7. The van der Waals surface area contributed by atoms with Gasteiger partial charge in [0.1, 0.15) is 5.01 Å². The summed E-state index contributed by atoms with van der Waals surface area (Å²) in [7, 11) is 0. The number of hydrogen-bond donors (Lipinski definition) is 1. The van der Waals surface area contributed by atoms with Crippen molar-refractivity contribution in [2.24, 2.45) is 0 Å². The standard InChI is InChI=1S/C23H24N2O3S/c1-4-15(2)17-9-5-6-10-18(17)25-23(27)16(3)28-22(26)14-13-21-24-19-11-7-8-12-20(19)29-21/h5-16H,4H2,1-3H3,(H,25,27)/b14-13+/t15-,16-/m1/s1. The number of amides is 1. The summed E-state index contributed by atoms with van der Waals surface area (Å²) in [6.45, 7) is 5.78. The molecule has 1 amide bonds. The van der Waals surface area contributed by atoms with Gasteiger partial charge >= 0.3 is 5.97 Å². The third kappa shape index (κ3) is 5.29. The molecule has 1 heterocycles. The zero-order valence-corrected chi connectivity index (χ0v) is 17.5. The Labute approximate surface area is 174 Å². The van der Waals surface area contributed by atoms with Gasteiger partial charge in [0.25, 0.3) is 5.91 Å². The van der Waals surface area contributed by atoms with Gasteiger partial charge in [-0.15, -0.1) is 11.3 Å². The lowest BCUT2D eigenvalue weighted by Crippen LogP contribution is -2.29. The average Bonchev–Trinajstić information content (AvgIpc) is 3.15. The molecule has 150 valence electrons. The fourth-order valence-corrected chi connectivity index (χ4v) is 3.73. The van der Waals surface area contributed by atoms with E-state index < -0.39 is 12.1 Å². The molecule has 3 rings (SSSR count). The molecule has 6 heteroatoms. The summed E-state index contributed by atoms with van der Waals surface area (Å²) < 4.78 is 6.30. The number of fused-ring (bicyclic) bond motifs is 1. The minimum absolute atomic E-state index is 0.320. The van der Waals surface area contributed by atoms with Gasteiger partial charge in [-0.25, -0.2) is 9.78 Å². The highest BCUT2D eigenvalue weighted by Crippen LogP contribution is 2.26. The first-order chi connectivity index (χ1) is 14.0. The molecular formula is C23H24N2O3S. The maximum absolute atomic E-state index is 12.5. The van der Waals surface area contributed by atoms with Crippen LogP contribution >= 0.6 is 11.3 Å². The molecule has 0 saturated heterocycles. The summed E-state index contributed by atoms with van der Waals surface area (Å²) in [5.74, 6) is -0.620. The van der Waals surface area contributed by atoms with Crippen molar-refractivity contribution >= 4 is 45.2 Å². The van der Waals surface area contributed by atoms with Crippen LogP contribution in [0.1, 0.15) is 43.7 Å². The number of nitrogens with zero attached hydrogens (tertiary/aromatic N) is 1. The zero-order chi connectivity index (χ0) is 20.8. The second kappa shape index (κ2) is 9.47. The maximum atomic E-state index is 12.5. The van der Waals surface area contributed by atoms with Gasteiger partial charge in [-0.3, -0.25) is 4.79 Å². The third-order valence-electron chi connectivity index (χ3n) is 4.70. The molecule has 0 radical (unpaired) electrons. The van der Waals surface area contributed by atoms with Crippen molar-refractivity contribution in [2.75, 3.05) is 5.32 Å². The second-order valence-electron chi connectivity index (χ2n) is 6.82. The predicted octanol–water partition coefficient (Wildman–Crippen LogP) is 5.39. The highest BCUT2D eigenvalue weighted by atomic mass is 32.1. The van der Waals surface area contributed by atoms with Gasteiger partial charge < -0.3 is 10.1 Å². The van der Waals surface area contributed by atoms with E-state index in [4.69, 9.17) is 4.74 Å². The van der Waals surface area contributed by atoms with Crippen molar-refractivity contribution in [1.82, 2.24) is 4.98 Å². The van der Waals surface area contributed by atoms with Gasteiger partial charge in [-0.2, -0.15) is 0 Å². The average molecular weight is 409 g/mol. The van der Waals surface area contributed by atoms with Crippen LogP contribution in [-0.4, -0.2) is 23.0 Å². The lowest BCUT2D eigenvalue weighted by atomic mass is 9.97. The molecule has 1 N–H and O–H groups in total. The Kier molecular flexibility index (Phi) is 6.77. The number of benzene rings is 2. The Morgan fingerprint density at radius 1 is 1.14 bits per heavy atom. The van der Waals surface area contributed by atoms with Gasteiger partial charge in [0, 0.05) is 11.8 Å². The molecule has 0 aliphatic rings. The number of aromatic nitrogens is 1. The van der Waals surface area contributed by atoms with E-state index in [1.807, 2.05) is 48.5 Å². The predicted molar refractivity (Wildman–Crippen MR) is 118 cm³/mol. The molecule has 0 fully saturated rings. The van der Waals surface area contributed by atoms with Crippen molar-refractivity contribution in [2.45, 2.75) is 39.2 Å². The van der Waals surface area contributed by atoms with E-state index in [2.05, 4.69) is 24.1 Å². The lowest BCUT2D eigenvalue weighted by Gasteiger charge is -2.17. The number of anilines is 1. The number of para-hydroxylation sites is 2. The van der Waals surface area contributed by atoms with Crippen LogP contribution in [0.5, 0.6) is 0 Å². The minimum Gasteiger partial charge on any atom is -0.449 e. The van der Waals surface area contributed by atoms with Gasteiger partial charge in [0.15, 0.2) is 6.10 Å². The first-order valence-electron chi connectivity index (χ1n) is 9.62. The van der Waals surface area contributed by atoms with Crippen LogP contribution in [0, 0.1) is 0 Å². The number of carbonyl (C=O) groups excluding carboxylic acids is 2. The van der Waals surface area contributed by atoms with Gasteiger partial charge in [0.05, 0.1) is 10.2 Å². The summed E-state index contributed by atoms with van der Waals surface area (Å²) >= 11 is 1.49. The van der Waals surface area contributed by atoms with Crippen molar-refractivity contribution in [3.63, 3.8) is 0 Å². The summed E-state index contributed by atoms with van der Waals surface area (Å²) in [6.07, 6.45) is 2.96. The molecule has 29 heavy (non-hydrogen) atoms. The van der Waals surface area contributed by atoms with Crippen LogP contribution < -0.4 is 5.32 Å². The molecule has 0 saturated carbocycles. The van der Waals surface area contributed by atoms with Gasteiger partial charge in [-0.1, -0.05) is 44.2 Å². The first kappa shape index (κ1) is 20.7. The van der Waals surface area contributed by atoms with Crippen molar-refractivity contribution < 1.29 is 14.3 Å². The summed E-state index contributed by atoms with van der Waals surface area (Å²) in [4.78, 5) is 29.0. The Bertz CT molecular complexity index is 1010. The number of hydrogen-bond acceptors (Lipinski definition) is 5. The Morgan fingerprint density at radius 2 is 1.86 bits per heavy atom. The van der Waals surface area contributed by atoms with E-state index in [9.17, 15) is 9.59 Å². The Hall–Kier alpha value is -2.99. The molecule has 0 aliphatic carbocycles. The largest absolute Gasteiger partial charge is 0.449 e. The van der Waals surface area contributed by atoms with E-state index >= 15 is 0 Å². The highest BCUT2D eigenvalue weighted by molar-refractivity contribution is 7.19. The van der Waals surface area contributed by atoms with Crippen molar-refractivity contribution in [3.8, 4) is 0 Å². The molecular weight excluding hydrogens is 384 g/mol. The maximum Gasteiger partial charge on any atom is 0.331 e. The number of carbonyl (C=O) groups is 2. The minimum atomic E-state index is -0.910.